The number of hydrogen-bond acceptors (Lipinski definition) is 5. The molecule has 0 aromatic heterocycles. The number of nitrogens with one attached hydrogen (secondary N) is 1. The number of rotatable bonds is 3. The lowest BCUT2D eigenvalue weighted by atomic mass is 9.98. The van der Waals surface area contributed by atoms with E-state index in [1.807, 2.05) is 33.9 Å². The third-order valence-corrected chi connectivity index (χ3v) is 8.98. The van der Waals surface area contributed by atoms with Crippen molar-refractivity contribution in [2.45, 2.75) is 82.6 Å². The maximum absolute atomic E-state index is 12.4. The van der Waals surface area contributed by atoms with Crippen molar-refractivity contribution < 1.29 is 37.3 Å². The molecule has 3 N–H and O–H groups in total. The Bertz CT molecular complexity index is 480. The fourth-order valence-corrected chi connectivity index (χ4v) is 3.37. The molecule has 0 aliphatic carbocycles. The van der Waals surface area contributed by atoms with Gasteiger partial charge in [-0.15, -0.1) is 0 Å². The molecule has 1 aliphatic rings. The molecule has 1 rings (SSSR count). The van der Waals surface area contributed by atoms with E-state index < -0.39 is 51.0 Å². The Morgan fingerprint density at radius 1 is 1.33 bits per heavy atom. The summed E-state index contributed by atoms with van der Waals surface area (Å²) in [5.41, 5.74) is 0. The predicted octanol–water partition coefficient (Wildman–Crippen LogP) is 1.87. The van der Waals surface area contributed by atoms with Crippen LogP contribution in [0.2, 0.25) is 18.1 Å². The molecule has 0 spiro atoms. The molecule has 142 valence electrons. The molecule has 1 fully saturated rings. The highest BCUT2D eigenvalue weighted by Crippen LogP contribution is 2.41. The normalized spacial score (nSPS) is 32.5. The Balaban J connectivity index is 2.97. The molecule has 6 nitrogen and oxygen atoms in total. The Morgan fingerprint density at radius 2 is 1.83 bits per heavy atom. The van der Waals surface area contributed by atoms with Crippen molar-refractivity contribution in [2.75, 3.05) is 0 Å². The standard InChI is InChI=1S/C14H26F3NO5Si/c1-8-10(19)9(18-11(20)14(15,16)17)7-13(21,22-8)23-24(5,6)12(2,3)4/h8-10,19,21H,7H2,1-6H3,(H,18,20)/t8-,9-,10+,13?/m0/s1. The van der Waals surface area contributed by atoms with Crippen molar-refractivity contribution in [1.82, 2.24) is 5.32 Å². The first kappa shape index (κ1) is 21.4. The minimum atomic E-state index is -5.08. The molecular weight excluding hydrogens is 347 g/mol. The van der Waals surface area contributed by atoms with Crippen LogP contribution >= 0.6 is 0 Å². The smallest absolute Gasteiger partial charge is 0.388 e. The number of halogens is 3. The van der Waals surface area contributed by atoms with Gasteiger partial charge in [0.1, 0.15) is 6.10 Å². The summed E-state index contributed by atoms with van der Waals surface area (Å²) in [4.78, 5) is 11.1. The van der Waals surface area contributed by atoms with E-state index in [1.54, 1.807) is 5.32 Å². The van der Waals surface area contributed by atoms with Crippen LogP contribution in [0, 0.1) is 0 Å². The first-order valence-corrected chi connectivity index (χ1v) is 10.6. The van der Waals surface area contributed by atoms with Crippen molar-refractivity contribution in [1.29, 1.82) is 0 Å². The van der Waals surface area contributed by atoms with Gasteiger partial charge in [0.25, 0.3) is 5.97 Å². The summed E-state index contributed by atoms with van der Waals surface area (Å²) in [5, 5.41) is 22.0. The fraction of sp³-hybridized carbons (Fsp3) is 0.929. The van der Waals surface area contributed by atoms with Crippen LogP contribution in [0.5, 0.6) is 0 Å². The van der Waals surface area contributed by atoms with Crippen molar-refractivity contribution in [3.8, 4) is 0 Å². The highest BCUT2D eigenvalue weighted by Gasteiger charge is 2.52. The Labute approximate surface area is 140 Å². The maximum atomic E-state index is 12.4. The molecule has 1 saturated heterocycles. The number of hydrogen-bond donors (Lipinski definition) is 3. The Hall–Kier alpha value is -0.683. The van der Waals surface area contributed by atoms with Crippen molar-refractivity contribution in [3.05, 3.63) is 0 Å². The quantitative estimate of drug-likeness (QED) is 0.519. The fourth-order valence-electron chi connectivity index (χ4n) is 2.14. The van der Waals surface area contributed by atoms with Gasteiger partial charge >= 0.3 is 12.1 Å². The number of carbonyl (C=O) groups is 1. The molecule has 0 aromatic rings. The van der Waals surface area contributed by atoms with Gasteiger partial charge in [-0.25, -0.2) is 0 Å². The summed E-state index contributed by atoms with van der Waals surface area (Å²) in [6, 6.07) is -1.35. The summed E-state index contributed by atoms with van der Waals surface area (Å²) >= 11 is 0. The summed E-state index contributed by atoms with van der Waals surface area (Å²) in [6.07, 6.45) is -8.02. The zero-order valence-electron chi connectivity index (χ0n) is 14.7. The van der Waals surface area contributed by atoms with Crippen LogP contribution in [0.25, 0.3) is 0 Å². The van der Waals surface area contributed by atoms with Crippen LogP contribution in [0.3, 0.4) is 0 Å². The van der Waals surface area contributed by atoms with Gasteiger partial charge in [-0.1, -0.05) is 20.8 Å². The van der Waals surface area contributed by atoms with Gasteiger partial charge < -0.3 is 24.7 Å². The Morgan fingerprint density at radius 3 is 2.25 bits per heavy atom. The summed E-state index contributed by atoms with van der Waals surface area (Å²) in [6.45, 7) is 10.8. The van der Waals surface area contributed by atoms with Gasteiger partial charge in [-0.2, -0.15) is 13.2 Å². The molecule has 0 saturated carbocycles. The van der Waals surface area contributed by atoms with E-state index in [0.717, 1.165) is 0 Å². The largest absolute Gasteiger partial charge is 0.471 e. The monoisotopic (exact) mass is 373 g/mol. The number of carbonyl (C=O) groups excluding carboxylic acids is 1. The van der Waals surface area contributed by atoms with Gasteiger partial charge in [0.05, 0.1) is 18.6 Å². The average molecular weight is 373 g/mol. The van der Waals surface area contributed by atoms with E-state index in [9.17, 15) is 28.2 Å². The molecule has 0 bridgehead atoms. The van der Waals surface area contributed by atoms with Crippen molar-refractivity contribution >= 4 is 14.2 Å². The second-order valence-electron chi connectivity index (χ2n) is 7.67. The molecule has 10 heteroatoms. The van der Waals surface area contributed by atoms with E-state index in [-0.39, 0.29) is 5.04 Å². The lowest BCUT2D eigenvalue weighted by Crippen LogP contribution is -2.64. The third-order valence-electron chi connectivity index (χ3n) is 4.54. The van der Waals surface area contributed by atoms with Crippen LogP contribution in [0.4, 0.5) is 13.2 Å². The molecule has 1 aliphatic heterocycles. The predicted molar refractivity (Wildman–Crippen MR) is 82.4 cm³/mol. The average Bonchev–Trinajstić information content (AvgIpc) is 2.31. The molecule has 1 unspecified atom stereocenters. The van der Waals surface area contributed by atoms with E-state index in [1.165, 1.54) is 6.92 Å². The van der Waals surface area contributed by atoms with Crippen LogP contribution in [0.1, 0.15) is 34.1 Å². The minimum Gasteiger partial charge on any atom is -0.388 e. The third kappa shape index (κ3) is 4.91. The molecular formula is C14H26F3NO5Si. The number of amides is 1. The number of alkyl halides is 3. The lowest BCUT2D eigenvalue weighted by molar-refractivity contribution is -0.374. The zero-order chi connectivity index (χ0) is 19.1. The van der Waals surface area contributed by atoms with Crippen molar-refractivity contribution in [3.63, 3.8) is 0 Å². The summed E-state index contributed by atoms with van der Waals surface area (Å²) < 4.78 is 48.4. The molecule has 0 radical (unpaired) electrons. The van der Waals surface area contributed by atoms with E-state index >= 15 is 0 Å². The molecule has 4 atom stereocenters. The first-order valence-electron chi connectivity index (χ1n) is 7.65. The molecule has 1 amide bonds. The minimum absolute atomic E-state index is 0.282. The van der Waals surface area contributed by atoms with Gasteiger partial charge in [0, 0.05) is 0 Å². The van der Waals surface area contributed by atoms with Gasteiger partial charge in [-0.3, -0.25) is 4.79 Å². The number of aliphatic hydroxyl groups is 2. The second-order valence-corrected chi connectivity index (χ2v) is 12.4. The van der Waals surface area contributed by atoms with E-state index in [4.69, 9.17) is 9.16 Å². The Kier molecular flexibility index (Phi) is 5.84. The van der Waals surface area contributed by atoms with Crippen LogP contribution in [-0.4, -0.2) is 54.8 Å². The highest BCUT2D eigenvalue weighted by atomic mass is 28.4. The van der Waals surface area contributed by atoms with Crippen LogP contribution in [0.15, 0.2) is 0 Å². The second kappa shape index (κ2) is 6.56. The number of ether oxygens (including phenoxy) is 1. The van der Waals surface area contributed by atoms with Gasteiger partial charge in [0.15, 0.2) is 8.32 Å². The molecule has 0 aromatic carbocycles. The first-order chi connectivity index (χ1) is 10.5. The molecule has 1 heterocycles. The maximum Gasteiger partial charge on any atom is 0.471 e. The van der Waals surface area contributed by atoms with E-state index in [2.05, 4.69) is 0 Å². The SMILES string of the molecule is C[C@@H]1OC(O)(O[Si](C)(C)C(C)(C)C)C[C@H](NC(=O)C(F)(F)F)[C@@H]1O. The van der Waals surface area contributed by atoms with Gasteiger partial charge in [0.2, 0.25) is 0 Å². The van der Waals surface area contributed by atoms with Gasteiger partial charge in [-0.05, 0) is 25.1 Å². The summed E-state index contributed by atoms with van der Waals surface area (Å²) in [7, 11) is -2.51. The van der Waals surface area contributed by atoms with Crippen molar-refractivity contribution in [2.24, 2.45) is 0 Å². The highest BCUT2D eigenvalue weighted by molar-refractivity contribution is 6.74. The lowest BCUT2D eigenvalue weighted by Gasteiger charge is -2.48. The summed E-state index contributed by atoms with van der Waals surface area (Å²) in [5.74, 6) is -4.36. The van der Waals surface area contributed by atoms with E-state index in [0.29, 0.717) is 0 Å². The number of aliphatic hydroxyl groups excluding tert-OH is 1. The van der Waals surface area contributed by atoms with Crippen LogP contribution < -0.4 is 5.32 Å². The molecule has 24 heavy (non-hydrogen) atoms. The zero-order valence-corrected chi connectivity index (χ0v) is 15.7. The van der Waals surface area contributed by atoms with Crippen LogP contribution in [-0.2, 0) is 14.0 Å². The topological polar surface area (TPSA) is 88.0 Å².